The molecule has 0 radical (unpaired) electrons. The lowest BCUT2D eigenvalue weighted by atomic mass is 10.1. The molecular formula is C11H23N3O2. The third kappa shape index (κ3) is 9.45. The van der Waals surface area contributed by atoms with Crippen LogP contribution in [0.1, 0.15) is 27.7 Å². The number of nitrogens with one attached hydrogen (secondary N) is 2. The van der Waals surface area contributed by atoms with E-state index in [1.54, 1.807) is 0 Å². The van der Waals surface area contributed by atoms with Crippen LogP contribution in [0.25, 0.3) is 0 Å². The molecule has 0 aliphatic rings. The summed E-state index contributed by atoms with van der Waals surface area (Å²) in [6.45, 7) is 10.3. The van der Waals surface area contributed by atoms with Gasteiger partial charge >= 0.3 is 0 Å². The fourth-order valence-electron chi connectivity index (χ4n) is 0.823. The van der Waals surface area contributed by atoms with Crippen molar-refractivity contribution in [2.75, 3.05) is 26.2 Å². The van der Waals surface area contributed by atoms with Crippen LogP contribution in [0, 0.1) is 5.92 Å². The van der Waals surface area contributed by atoms with E-state index in [0.29, 0.717) is 19.1 Å². The van der Waals surface area contributed by atoms with E-state index in [1.165, 1.54) is 6.92 Å². The van der Waals surface area contributed by atoms with E-state index in [1.807, 2.05) is 6.92 Å². The van der Waals surface area contributed by atoms with Gasteiger partial charge in [0.25, 0.3) is 0 Å². The Labute approximate surface area is 97.6 Å². The van der Waals surface area contributed by atoms with Crippen molar-refractivity contribution in [3.8, 4) is 0 Å². The fraction of sp³-hybridized carbons (Fsp3) is 0.818. The third-order valence-electron chi connectivity index (χ3n) is 2.09. The zero-order valence-electron chi connectivity index (χ0n) is 10.7. The van der Waals surface area contributed by atoms with Gasteiger partial charge in [-0.25, -0.2) is 0 Å². The lowest BCUT2D eigenvalue weighted by Gasteiger charge is -2.06. The van der Waals surface area contributed by atoms with E-state index < -0.39 is 0 Å². The first-order valence-electron chi connectivity index (χ1n) is 5.65. The van der Waals surface area contributed by atoms with Gasteiger partial charge in [-0.3, -0.25) is 4.79 Å². The Balaban J connectivity index is 3.28. The molecule has 1 amide bonds. The van der Waals surface area contributed by atoms with Gasteiger partial charge in [0.05, 0.1) is 5.71 Å². The molecule has 0 aromatic rings. The monoisotopic (exact) mass is 229 g/mol. The zero-order valence-corrected chi connectivity index (χ0v) is 10.7. The number of amides is 1. The minimum atomic E-state index is -0.00444. The molecule has 0 spiro atoms. The van der Waals surface area contributed by atoms with Crippen molar-refractivity contribution < 1.29 is 9.63 Å². The summed E-state index contributed by atoms with van der Waals surface area (Å²) in [6.07, 6.45) is 0. The second-order valence-electron chi connectivity index (χ2n) is 3.95. The fourth-order valence-corrected chi connectivity index (χ4v) is 0.823. The van der Waals surface area contributed by atoms with Crippen molar-refractivity contribution in [2.24, 2.45) is 11.1 Å². The Bertz CT molecular complexity index is 227. The largest absolute Gasteiger partial charge is 0.394 e. The van der Waals surface area contributed by atoms with Crippen molar-refractivity contribution >= 4 is 11.6 Å². The van der Waals surface area contributed by atoms with Crippen LogP contribution < -0.4 is 10.6 Å². The van der Waals surface area contributed by atoms with Crippen LogP contribution in [0.5, 0.6) is 0 Å². The number of hydrogen-bond donors (Lipinski definition) is 2. The number of oxime groups is 1. The van der Waals surface area contributed by atoms with Gasteiger partial charge in [0.15, 0.2) is 0 Å². The molecule has 2 N–H and O–H groups in total. The Morgan fingerprint density at radius 3 is 2.50 bits per heavy atom. The van der Waals surface area contributed by atoms with E-state index in [2.05, 4.69) is 29.6 Å². The van der Waals surface area contributed by atoms with Crippen molar-refractivity contribution in [1.82, 2.24) is 10.6 Å². The molecule has 0 saturated heterocycles. The molecule has 0 aromatic heterocycles. The molecule has 0 rings (SSSR count). The number of rotatable bonds is 8. The molecule has 5 heteroatoms. The maximum Gasteiger partial charge on any atom is 0.216 e. The van der Waals surface area contributed by atoms with Gasteiger partial charge in [-0.1, -0.05) is 19.0 Å². The lowest BCUT2D eigenvalue weighted by Crippen LogP contribution is -2.31. The first-order valence-corrected chi connectivity index (χ1v) is 5.65. The molecule has 94 valence electrons. The summed E-state index contributed by atoms with van der Waals surface area (Å²) in [5.41, 5.74) is 0.998. The molecule has 0 heterocycles. The van der Waals surface area contributed by atoms with E-state index in [-0.39, 0.29) is 5.91 Å². The quantitative estimate of drug-likeness (QED) is 0.367. The minimum absolute atomic E-state index is 0.00444. The number of nitrogens with zero attached hydrogens (tertiary/aromatic N) is 1. The van der Waals surface area contributed by atoms with Crippen LogP contribution in [0.2, 0.25) is 0 Å². The van der Waals surface area contributed by atoms with Crippen LogP contribution in [-0.2, 0) is 9.63 Å². The molecule has 0 unspecified atom stereocenters. The second-order valence-corrected chi connectivity index (χ2v) is 3.95. The van der Waals surface area contributed by atoms with E-state index in [9.17, 15) is 4.79 Å². The van der Waals surface area contributed by atoms with E-state index in [0.717, 1.165) is 18.8 Å². The molecule has 0 aliphatic heterocycles. The van der Waals surface area contributed by atoms with Crippen LogP contribution in [0.15, 0.2) is 5.16 Å². The Kier molecular flexibility index (Phi) is 8.52. The van der Waals surface area contributed by atoms with Gasteiger partial charge in [0.2, 0.25) is 5.91 Å². The van der Waals surface area contributed by atoms with Gasteiger partial charge in [-0.15, -0.1) is 0 Å². The SMILES string of the molecule is CC(=O)NCCNCCO/N=C(\C)C(C)C. The predicted molar refractivity (Wildman–Crippen MR) is 65.5 cm³/mol. The van der Waals surface area contributed by atoms with Crippen LogP contribution >= 0.6 is 0 Å². The first-order chi connectivity index (χ1) is 7.54. The predicted octanol–water partition coefficient (Wildman–Crippen LogP) is 0.761. The molecule has 0 bridgehead atoms. The summed E-state index contributed by atoms with van der Waals surface area (Å²) >= 11 is 0. The molecule has 0 saturated carbocycles. The lowest BCUT2D eigenvalue weighted by molar-refractivity contribution is -0.118. The van der Waals surface area contributed by atoms with Crippen molar-refractivity contribution in [3.05, 3.63) is 0 Å². The van der Waals surface area contributed by atoms with E-state index in [4.69, 9.17) is 4.84 Å². The van der Waals surface area contributed by atoms with Crippen molar-refractivity contribution in [1.29, 1.82) is 0 Å². The molecule has 0 atom stereocenters. The first kappa shape index (κ1) is 14.9. The highest BCUT2D eigenvalue weighted by Crippen LogP contribution is 1.95. The molecule has 16 heavy (non-hydrogen) atoms. The summed E-state index contributed by atoms with van der Waals surface area (Å²) in [7, 11) is 0. The van der Waals surface area contributed by atoms with E-state index >= 15 is 0 Å². The third-order valence-corrected chi connectivity index (χ3v) is 2.09. The second kappa shape index (κ2) is 9.15. The molecule has 5 nitrogen and oxygen atoms in total. The van der Waals surface area contributed by atoms with Crippen molar-refractivity contribution in [2.45, 2.75) is 27.7 Å². The number of carbonyl (C=O) groups excluding carboxylic acids is 1. The molecule has 0 aromatic carbocycles. The van der Waals surface area contributed by atoms with Gasteiger partial charge in [0.1, 0.15) is 6.61 Å². The van der Waals surface area contributed by atoms with Crippen LogP contribution in [0.3, 0.4) is 0 Å². The molecule has 0 aliphatic carbocycles. The Morgan fingerprint density at radius 2 is 1.94 bits per heavy atom. The Morgan fingerprint density at radius 1 is 1.25 bits per heavy atom. The highest BCUT2D eigenvalue weighted by atomic mass is 16.6. The topological polar surface area (TPSA) is 62.7 Å². The Hall–Kier alpha value is -1.10. The minimum Gasteiger partial charge on any atom is -0.394 e. The summed E-state index contributed by atoms with van der Waals surface area (Å²) in [5.74, 6) is 0.419. The van der Waals surface area contributed by atoms with Gasteiger partial charge in [-0.05, 0) is 12.8 Å². The highest BCUT2D eigenvalue weighted by Gasteiger charge is 1.97. The van der Waals surface area contributed by atoms with Gasteiger partial charge < -0.3 is 15.5 Å². The summed E-state index contributed by atoms with van der Waals surface area (Å²) in [4.78, 5) is 15.7. The number of hydrogen-bond acceptors (Lipinski definition) is 4. The standard InChI is InChI=1S/C11H23N3O2/c1-9(2)10(3)14-16-8-7-12-5-6-13-11(4)15/h9,12H,5-8H2,1-4H3,(H,13,15)/b14-10+. The smallest absolute Gasteiger partial charge is 0.216 e. The van der Waals surface area contributed by atoms with Crippen LogP contribution in [-0.4, -0.2) is 37.9 Å². The summed E-state index contributed by atoms with van der Waals surface area (Å²) in [6, 6.07) is 0. The van der Waals surface area contributed by atoms with Gasteiger partial charge in [0, 0.05) is 26.6 Å². The van der Waals surface area contributed by atoms with Crippen molar-refractivity contribution in [3.63, 3.8) is 0 Å². The zero-order chi connectivity index (χ0) is 12.4. The van der Waals surface area contributed by atoms with Gasteiger partial charge in [-0.2, -0.15) is 0 Å². The maximum absolute atomic E-state index is 10.5. The molecule has 0 fully saturated rings. The summed E-state index contributed by atoms with van der Waals surface area (Å²) < 4.78 is 0. The normalized spacial score (nSPS) is 11.7. The number of carbonyl (C=O) groups is 1. The average molecular weight is 229 g/mol. The molecular weight excluding hydrogens is 206 g/mol. The average Bonchev–Trinajstić information content (AvgIpc) is 2.21. The highest BCUT2D eigenvalue weighted by molar-refractivity contribution is 5.83. The summed E-state index contributed by atoms with van der Waals surface area (Å²) in [5, 5.41) is 9.81. The van der Waals surface area contributed by atoms with Crippen LogP contribution in [0.4, 0.5) is 0 Å². The maximum atomic E-state index is 10.5.